The fraction of sp³-hybridized carbons (Fsp3) is 0.308. The smallest absolute Gasteiger partial charge is 0.265 e. The van der Waals surface area contributed by atoms with Gasteiger partial charge in [-0.2, -0.15) is 5.10 Å². The number of carbonyl (C=O) groups is 1. The summed E-state index contributed by atoms with van der Waals surface area (Å²) in [6.45, 7) is 4.53. The van der Waals surface area contributed by atoms with E-state index in [4.69, 9.17) is 23.1 Å². The Kier molecular flexibility index (Phi) is 7.54. The highest BCUT2D eigenvalue weighted by atomic mass is 35.5. The normalized spacial score (nSPS) is 19.2. The summed E-state index contributed by atoms with van der Waals surface area (Å²) in [5, 5.41) is 18.7. The third kappa shape index (κ3) is 5.46. The van der Waals surface area contributed by atoms with Crippen LogP contribution in [-0.2, 0) is 0 Å². The van der Waals surface area contributed by atoms with E-state index in [1.807, 2.05) is 0 Å². The molecule has 2 aliphatic rings. The lowest BCUT2D eigenvalue weighted by Crippen LogP contribution is -2.52. The number of amides is 1. The lowest BCUT2D eigenvalue weighted by Gasteiger charge is -2.41. The van der Waals surface area contributed by atoms with E-state index in [0.29, 0.717) is 27.4 Å². The SMILES string of the molecule is CC1(CN)CCN(C2N=C(N)C(Sc3cccc(NC(=O)c4c(O)c5ccccc5[nH]c4=O)c3Cl)=NN2)CC1. The van der Waals surface area contributed by atoms with Crippen molar-refractivity contribution >= 4 is 56.7 Å². The Morgan fingerprint density at radius 3 is 2.72 bits per heavy atom. The number of nitrogens with two attached hydrogens (primary N) is 2. The summed E-state index contributed by atoms with van der Waals surface area (Å²) >= 11 is 7.81. The molecule has 8 N–H and O–H groups in total. The molecular weight excluding hydrogens is 540 g/mol. The Bertz CT molecular complexity index is 1550. The second-order valence-electron chi connectivity index (χ2n) is 9.88. The third-order valence-corrected chi connectivity index (χ3v) is 8.72. The van der Waals surface area contributed by atoms with Gasteiger partial charge in [0.2, 0.25) is 0 Å². The number of pyridine rings is 1. The second kappa shape index (κ2) is 10.9. The number of fused-ring (bicyclic) bond motifs is 1. The number of nitrogens with one attached hydrogen (secondary N) is 3. The lowest BCUT2D eigenvalue weighted by molar-refractivity contribution is 0.0771. The van der Waals surface area contributed by atoms with Gasteiger partial charge in [-0.25, -0.2) is 4.99 Å². The number of hydrazone groups is 1. The number of nitrogens with zero attached hydrogens (tertiary/aromatic N) is 3. The van der Waals surface area contributed by atoms with Gasteiger partial charge in [-0.15, -0.1) is 0 Å². The van der Waals surface area contributed by atoms with Crippen LogP contribution >= 0.6 is 23.4 Å². The fourth-order valence-electron chi connectivity index (χ4n) is 4.55. The van der Waals surface area contributed by atoms with Crippen molar-refractivity contribution in [2.45, 2.75) is 31.0 Å². The van der Waals surface area contributed by atoms with Crippen molar-refractivity contribution in [3.05, 3.63) is 63.4 Å². The Balaban J connectivity index is 1.30. The average Bonchev–Trinajstić information content (AvgIpc) is 2.92. The fourth-order valence-corrected chi connectivity index (χ4v) is 5.65. The van der Waals surface area contributed by atoms with E-state index in [0.717, 1.165) is 25.9 Å². The summed E-state index contributed by atoms with van der Waals surface area (Å²) in [5.41, 5.74) is 14.9. The van der Waals surface area contributed by atoms with E-state index < -0.39 is 22.8 Å². The number of H-pyrrole nitrogens is 1. The lowest BCUT2D eigenvalue weighted by atomic mass is 9.80. The Morgan fingerprint density at radius 2 is 2.00 bits per heavy atom. The molecule has 204 valence electrons. The van der Waals surface area contributed by atoms with Crippen molar-refractivity contribution in [2.24, 2.45) is 27.0 Å². The quantitative estimate of drug-likeness (QED) is 0.272. The summed E-state index contributed by atoms with van der Waals surface area (Å²) in [4.78, 5) is 35.5. The molecule has 1 aromatic heterocycles. The summed E-state index contributed by atoms with van der Waals surface area (Å²) in [5.74, 6) is -0.929. The molecule has 3 aromatic rings. The van der Waals surface area contributed by atoms with Gasteiger partial charge in [-0.3, -0.25) is 19.9 Å². The molecule has 0 aliphatic carbocycles. The molecule has 1 fully saturated rings. The predicted molar refractivity (Wildman–Crippen MR) is 155 cm³/mol. The highest BCUT2D eigenvalue weighted by Crippen LogP contribution is 2.36. The average molecular weight is 569 g/mol. The van der Waals surface area contributed by atoms with E-state index in [9.17, 15) is 14.7 Å². The minimum Gasteiger partial charge on any atom is -0.506 e. The monoisotopic (exact) mass is 568 g/mol. The molecule has 11 nitrogen and oxygen atoms in total. The summed E-state index contributed by atoms with van der Waals surface area (Å²) in [6.07, 6.45) is 1.59. The molecule has 0 spiro atoms. The van der Waals surface area contributed by atoms with Crippen LogP contribution < -0.4 is 27.8 Å². The number of aromatic nitrogens is 1. The first kappa shape index (κ1) is 27.0. The number of hydrogen-bond donors (Lipinski definition) is 6. The maximum Gasteiger partial charge on any atom is 0.265 e. The van der Waals surface area contributed by atoms with E-state index in [1.54, 1.807) is 42.5 Å². The number of aromatic amines is 1. The van der Waals surface area contributed by atoms with Crippen LogP contribution in [0.1, 0.15) is 30.1 Å². The molecule has 39 heavy (non-hydrogen) atoms. The first-order chi connectivity index (χ1) is 18.7. The molecule has 0 radical (unpaired) electrons. The van der Waals surface area contributed by atoms with E-state index in [1.165, 1.54) is 11.8 Å². The standard InChI is InChI=1S/C26H29ClN8O3S/c1-26(13-28)9-11-35(12-10-26)25-32-21(29)24(33-34-25)39-17-8-4-7-16(19(17)27)31-23(38)18-20(36)14-5-2-3-6-15(14)30-22(18)37/h2-8,25,34H,9-13,28H2,1H3,(H2,29,32)(H,31,38)(H2,30,36,37). The number of aliphatic imine (C=N–C) groups is 1. The number of thioether (sulfide) groups is 1. The van der Waals surface area contributed by atoms with Gasteiger partial charge in [0.25, 0.3) is 11.5 Å². The van der Waals surface area contributed by atoms with Crippen molar-refractivity contribution in [3.8, 4) is 5.75 Å². The first-order valence-electron chi connectivity index (χ1n) is 12.4. The molecule has 1 saturated heterocycles. The zero-order chi connectivity index (χ0) is 27.7. The molecule has 3 heterocycles. The Morgan fingerprint density at radius 1 is 1.26 bits per heavy atom. The molecule has 0 saturated carbocycles. The maximum atomic E-state index is 13.0. The largest absolute Gasteiger partial charge is 0.506 e. The minimum atomic E-state index is -0.795. The highest BCUT2D eigenvalue weighted by Gasteiger charge is 2.33. The third-order valence-electron chi connectivity index (χ3n) is 7.15. The molecule has 1 unspecified atom stereocenters. The zero-order valence-corrected chi connectivity index (χ0v) is 22.8. The number of halogens is 1. The van der Waals surface area contributed by atoms with Crippen LogP contribution in [0, 0.1) is 5.41 Å². The molecule has 5 rings (SSSR count). The van der Waals surface area contributed by atoms with Crippen molar-refractivity contribution in [1.29, 1.82) is 0 Å². The van der Waals surface area contributed by atoms with Crippen molar-refractivity contribution in [3.63, 3.8) is 0 Å². The van der Waals surface area contributed by atoms with Crippen LogP contribution in [0.4, 0.5) is 5.69 Å². The van der Waals surface area contributed by atoms with Crippen LogP contribution in [0.25, 0.3) is 10.9 Å². The van der Waals surface area contributed by atoms with Gasteiger partial charge in [0, 0.05) is 23.4 Å². The number of anilines is 1. The number of amidine groups is 1. The summed E-state index contributed by atoms with van der Waals surface area (Å²) < 4.78 is 0. The van der Waals surface area contributed by atoms with Gasteiger partial charge in [-0.05, 0) is 49.1 Å². The number of aromatic hydroxyl groups is 1. The van der Waals surface area contributed by atoms with E-state index in [2.05, 4.69) is 37.6 Å². The molecule has 1 atom stereocenters. The summed E-state index contributed by atoms with van der Waals surface area (Å²) in [7, 11) is 0. The van der Waals surface area contributed by atoms with Gasteiger partial charge in [0.1, 0.15) is 11.3 Å². The van der Waals surface area contributed by atoms with Gasteiger partial charge < -0.3 is 26.9 Å². The number of likely N-dealkylation sites (tertiary alicyclic amines) is 1. The summed E-state index contributed by atoms with van der Waals surface area (Å²) in [6, 6.07) is 11.7. The van der Waals surface area contributed by atoms with Gasteiger partial charge >= 0.3 is 0 Å². The number of carbonyl (C=O) groups excluding carboxylic acids is 1. The molecule has 0 bridgehead atoms. The molecule has 1 amide bonds. The van der Waals surface area contributed by atoms with Crippen LogP contribution in [-0.4, -0.2) is 57.7 Å². The van der Waals surface area contributed by atoms with Crippen LogP contribution in [0.2, 0.25) is 5.02 Å². The van der Waals surface area contributed by atoms with Gasteiger partial charge in [0.05, 0.1) is 16.2 Å². The molecule has 2 aliphatic heterocycles. The molecule has 13 heteroatoms. The predicted octanol–water partition coefficient (Wildman–Crippen LogP) is 2.85. The molecule has 2 aromatic carbocycles. The van der Waals surface area contributed by atoms with E-state index >= 15 is 0 Å². The van der Waals surface area contributed by atoms with Gasteiger partial charge in [0.15, 0.2) is 17.2 Å². The number of benzene rings is 2. The van der Waals surface area contributed by atoms with Crippen molar-refractivity contribution < 1.29 is 9.90 Å². The topological polar surface area (TPSA) is 174 Å². The number of rotatable bonds is 5. The zero-order valence-electron chi connectivity index (χ0n) is 21.2. The van der Waals surface area contributed by atoms with Crippen LogP contribution in [0.15, 0.2) is 62.2 Å². The number of hydrogen-bond acceptors (Lipinski definition) is 10. The van der Waals surface area contributed by atoms with Crippen LogP contribution in [0.5, 0.6) is 5.75 Å². The van der Waals surface area contributed by atoms with Crippen LogP contribution in [0.3, 0.4) is 0 Å². The van der Waals surface area contributed by atoms with Crippen molar-refractivity contribution in [1.82, 2.24) is 15.3 Å². The Hall–Kier alpha value is -3.58. The maximum absolute atomic E-state index is 13.0. The number of piperidine rings is 1. The molecular formula is C26H29ClN8O3S. The Labute approximate surface area is 233 Å². The first-order valence-corrected chi connectivity index (χ1v) is 13.6. The van der Waals surface area contributed by atoms with Crippen molar-refractivity contribution in [2.75, 3.05) is 25.0 Å². The highest BCUT2D eigenvalue weighted by molar-refractivity contribution is 8.15. The van der Waals surface area contributed by atoms with Gasteiger partial charge in [-0.1, -0.05) is 48.5 Å². The van der Waals surface area contributed by atoms with E-state index in [-0.39, 0.29) is 28.3 Å². The second-order valence-corrected chi connectivity index (χ2v) is 11.3. The minimum absolute atomic E-state index is 0.141. The number of para-hydroxylation sites is 1.